The number of aromatic nitrogens is 4. The van der Waals surface area contributed by atoms with Gasteiger partial charge in [-0.25, -0.2) is 14.6 Å². The standard InChI is InChI=1S/C29H36FN5O11/c1-15-18(45-27(40)44-15)12-41-19(36)10-28(2,3)46-26(39)33-22-20-23(34-25(30)32-22)35(14-31-20)17-11-43-29(4,21(17)37)13-42-24(38)16-8-6-5-7-9-16/h14,16-17,21,37H,5-13H2,1-4H3,(H,32,33,34,39)/t17?,21-,29+/m0/s1. The van der Waals surface area contributed by atoms with Gasteiger partial charge in [-0.15, -0.1) is 0 Å². The second-order valence-corrected chi connectivity index (χ2v) is 12.3. The molecule has 0 bridgehead atoms. The number of carbonyl (C=O) groups excluding carboxylic acids is 3. The van der Waals surface area contributed by atoms with Crippen LogP contribution in [-0.2, 0) is 35.1 Å². The first-order chi connectivity index (χ1) is 21.7. The summed E-state index contributed by atoms with van der Waals surface area (Å²) in [7, 11) is 0. The quantitative estimate of drug-likeness (QED) is 0.184. The number of halogens is 1. The molecule has 3 atom stereocenters. The average molecular weight is 650 g/mol. The molecule has 0 spiro atoms. The van der Waals surface area contributed by atoms with Crippen LogP contribution in [-0.4, -0.2) is 73.2 Å². The third-order valence-corrected chi connectivity index (χ3v) is 8.12. The summed E-state index contributed by atoms with van der Waals surface area (Å²) in [4.78, 5) is 60.5. The molecule has 0 aromatic carbocycles. The van der Waals surface area contributed by atoms with Gasteiger partial charge < -0.3 is 37.5 Å². The fourth-order valence-corrected chi connectivity index (χ4v) is 5.57. The van der Waals surface area contributed by atoms with Crippen molar-refractivity contribution >= 4 is 35.0 Å². The Morgan fingerprint density at radius 2 is 1.91 bits per heavy atom. The number of imidazole rings is 1. The number of ether oxygens (including phenoxy) is 4. The maximum Gasteiger partial charge on any atom is 0.519 e. The van der Waals surface area contributed by atoms with Crippen molar-refractivity contribution in [3.63, 3.8) is 0 Å². The molecule has 1 amide bonds. The number of anilines is 1. The lowest BCUT2D eigenvalue weighted by Gasteiger charge is -2.29. The average Bonchev–Trinajstić information content (AvgIpc) is 3.64. The summed E-state index contributed by atoms with van der Waals surface area (Å²) < 4.78 is 47.3. The number of aliphatic hydroxyl groups excluding tert-OH is 1. The van der Waals surface area contributed by atoms with Crippen LogP contribution in [0.3, 0.4) is 0 Å². The fraction of sp³-hybridized carbons (Fsp3) is 0.621. The molecule has 16 nitrogen and oxygen atoms in total. The van der Waals surface area contributed by atoms with E-state index in [1.54, 1.807) is 6.92 Å². The topological polar surface area (TPSA) is 207 Å². The molecule has 2 fully saturated rings. The van der Waals surface area contributed by atoms with Crippen molar-refractivity contribution in [1.29, 1.82) is 0 Å². The minimum absolute atomic E-state index is 0.00271. The molecule has 0 radical (unpaired) electrons. The first kappa shape index (κ1) is 33.0. The number of amides is 1. The van der Waals surface area contributed by atoms with Crippen molar-refractivity contribution in [2.45, 2.75) is 96.2 Å². The largest absolute Gasteiger partial charge is 0.519 e. The minimum atomic E-state index is -1.38. The lowest BCUT2D eigenvalue weighted by molar-refractivity contribution is -0.161. The summed E-state index contributed by atoms with van der Waals surface area (Å²) in [6, 6.07) is -0.777. The third kappa shape index (κ3) is 7.36. The van der Waals surface area contributed by atoms with E-state index >= 15 is 0 Å². The zero-order chi connectivity index (χ0) is 33.2. The van der Waals surface area contributed by atoms with Crippen LogP contribution >= 0.6 is 0 Å². The zero-order valence-corrected chi connectivity index (χ0v) is 25.9. The highest BCUT2D eigenvalue weighted by atomic mass is 19.1. The predicted octanol–water partition coefficient (Wildman–Crippen LogP) is 3.10. The van der Waals surface area contributed by atoms with Crippen LogP contribution in [0, 0.1) is 18.9 Å². The van der Waals surface area contributed by atoms with Crippen molar-refractivity contribution < 1.29 is 51.7 Å². The second kappa shape index (κ2) is 13.2. The lowest BCUT2D eigenvalue weighted by atomic mass is 9.89. The van der Waals surface area contributed by atoms with Gasteiger partial charge in [0, 0.05) is 0 Å². The van der Waals surface area contributed by atoms with Crippen molar-refractivity contribution in [1.82, 2.24) is 19.5 Å². The molecule has 250 valence electrons. The van der Waals surface area contributed by atoms with Crippen molar-refractivity contribution in [3.05, 3.63) is 34.5 Å². The van der Waals surface area contributed by atoms with E-state index in [0.717, 1.165) is 32.1 Å². The van der Waals surface area contributed by atoms with Crippen LogP contribution in [0.4, 0.5) is 15.0 Å². The molecular weight excluding hydrogens is 613 g/mol. The number of nitrogens with zero attached hydrogens (tertiary/aromatic N) is 4. The van der Waals surface area contributed by atoms with Gasteiger partial charge in [0.05, 0.1) is 31.3 Å². The summed E-state index contributed by atoms with van der Waals surface area (Å²) in [5.74, 6) is -2.27. The Morgan fingerprint density at radius 1 is 1.17 bits per heavy atom. The van der Waals surface area contributed by atoms with Crippen LogP contribution < -0.4 is 11.1 Å². The number of aliphatic hydroxyl groups is 1. The van der Waals surface area contributed by atoms with Gasteiger partial charge >= 0.3 is 29.9 Å². The number of aryl methyl sites for hydroxylation is 1. The number of hydrogen-bond donors (Lipinski definition) is 2. The van der Waals surface area contributed by atoms with Gasteiger partial charge in [0.2, 0.25) is 0 Å². The van der Waals surface area contributed by atoms with Crippen LogP contribution in [0.25, 0.3) is 11.2 Å². The predicted molar refractivity (Wildman–Crippen MR) is 153 cm³/mol. The molecule has 4 heterocycles. The Hall–Kier alpha value is -4.38. The first-order valence-electron chi connectivity index (χ1n) is 14.9. The molecule has 2 aliphatic rings. The van der Waals surface area contributed by atoms with Crippen LogP contribution in [0.2, 0.25) is 0 Å². The molecule has 1 aliphatic carbocycles. The van der Waals surface area contributed by atoms with E-state index in [9.17, 15) is 28.7 Å². The van der Waals surface area contributed by atoms with Gasteiger partial charge in [0.1, 0.15) is 23.9 Å². The van der Waals surface area contributed by atoms with E-state index in [-0.39, 0.29) is 66.6 Å². The maximum atomic E-state index is 14.6. The number of hydrogen-bond acceptors (Lipinski definition) is 14. The van der Waals surface area contributed by atoms with Gasteiger partial charge in [-0.1, -0.05) is 19.3 Å². The van der Waals surface area contributed by atoms with Gasteiger partial charge in [-0.05, 0) is 40.5 Å². The maximum absolute atomic E-state index is 14.6. The molecule has 46 heavy (non-hydrogen) atoms. The normalized spacial score (nSPS) is 22.1. The molecule has 1 unspecified atom stereocenters. The van der Waals surface area contributed by atoms with Gasteiger partial charge in [-0.2, -0.15) is 14.4 Å². The molecule has 1 aliphatic heterocycles. The third-order valence-electron chi connectivity index (χ3n) is 8.12. The molecule has 17 heteroatoms. The SMILES string of the molecule is Cc1oc(=O)oc1COC(=O)CC(C)(C)OC(=O)Nc1nc(F)nc2c1ncn2C1CO[C@](C)(COC(=O)C2CCCCC2)[C@H]1O. The summed E-state index contributed by atoms with van der Waals surface area (Å²) in [5.41, 5.74) is -2.66. The molecule has 1 saturated carbocycles. The van der Waals surface area contributed by atoms with Crippen molar-refractivity contribution in [3.8, 4) is 0 Å². The monoisotopic (exact) mass is 649 g/mol. The number of esters is 2. The van der Waals surface area contributed by atoms with E-state index in [1.807, 2.05) is 0 Å². The van der Waals surface area contributed by atoms with Gasteiger partial charge in [-0.3, -0.25) is 14.9 Å². The minimum Gasteiger partial charge on any atom is -0.462 e. The summed E-state index contributed by atoms with van der Waals surface area (Å²) in [5, 5.41) is 13.5. The Bertz CT molecular complexity index is 1660. The number of carbonyl (C=O) groups is 3. The number of nitrogens with one attached hydrogen (secondary N) is 1. The highest BCUT2D eigenvalue weighted by Crippen LogP contribution is 2.36. The Labute approximate surface area is 261 Å². The highest BCUT2D eigenvalue weighted by Gasteiger charge is 2.48. The molecule has 2 N–H and O–H groups in total. The van der Waals surface area contributed by atoms with E-state index in [4.69, 9.17) is 27.8 Å². The van der Waals surface area contributed by atoms with E-state index < -0.39 is 47.3 Å². The Kier molecular flexibility index (Phi) is 9.44. The first-order valence-corrected chi connectivity index (χ1v) is 14.9. The van der Waals surface area contributed by atoms with E-state index in [2.05, 4.69) is 20.3 Å². The summed E-state index contributed by atoms with van der Waals surface area (Å²) in [6.45, 7) is 5.45. The van der Waals surface area contributed by atoms with Gasteiger partial charge in [0.25, 0.3) is 0 Å². The number of rotatable bonds is 10. The van der Waals surface area contributed by atoms with E-state index in [1.165, 1.54) is 31.7 Å². The Balaban J connectivity index is 1.21. The summed E-state index contributed by atoms with van der Waals surface area (Å²) >= 11 is 0. The highest BCUT2D eigenvalue weighted by molar-refractivity contribution is 5.93. The van der Waals surface area contributed by atoms with E-state index in [0.29, 0.717) is 0 Å². The van der Waals surface area contributed by atoms with Crippen LogP contribution in [0.1, 0.15) is 76.9 Å². The van der Waals surface area contributed by atoms with Gasteiger partial charge in [0.15, 0.2) is 35.1 Å². The van der Waals surface area contributed by atoms with Crippen LogP contribution in [0.15, 0.2) is 20.0 Å². The second-order valence-electron chi connectivity index (χ2n) is 12.3. The summed E-state index contributed by atoms with van der Waals surface area (Å²) in [6.07, 6.45) is 2.07. The molecular formula is C29H36FN5O11. The van der Waals surface area contributed by atoms with Crippen LogP contribution in [0.5, 0.6) is 0 Å². The fourth-order valence-electron chi connectivity index (χ4n) is 5.57. The molecule has 3 aromatic heterocycles. The van der Waals surface area contributed by atoms with Crippen molar-refractivity contribution in [2.24, 2.45) is 5.92 Å². The smallest absolute Gasteiger partial charge is 0.462 e. The number of fused-ring (bicyclic) bond motifs is 1. The molecule has 5 rings (SSSR count). The van der Waals surface area contributed by atoms with Crippen molar-refractivity contribution in [2.75, 3.05) is 18.5 Å². The molecule has 3 aromatic rings. The lowest BCUT2D eigenvalue weighted by Crippen LogP contribution is -2.44. The zero-order valence-electron chi connectivity index (χ0n) is 25.9. The Morgan fingerprint density at radius 3 is 2.61 bits per heavy atom. The molecule has 1 saturated heterocycles.